The predicted octanol–water partition coefficient (Wildman–Crippen LogP) is 21.0. The van der Waals surface area contributed by atoms with Crippen LogP contribution in [0.2, 0.25) is 0 Å². The van der Waals surface area contributed by atoms with Gasteiger partial charge in [-0.2, -0.15) is 0 Å². The van der Waals surface area contributed by atoms with Crippen molar-refractivity contribution < 1.29 is 28.6 Å². The van der Waals surface area contributed by atoms with E-state index in [-0.39, 0.29) is 31.1 Å². The van der Waals surface area contributed by atoms with Gasteiger partial charge in [-0.1, -0.05) is 275 Å². The Balaban J connectivity index is 4.00. The molecule has 6 heteroatoms. The molecule has 0 aliphatic heterocycles. The highest BCUT2D eigenvalue weighted by atomic mass is 16.6. The Morgan fingerprint density at radius 2 is 0.507 bits per heavy atom. The zero-order valence-corrected chi connectivity index (χ0v) is 47.5. The molecule has 0 aliphatic rings. The molecule has 6 nitrogen and oxygen atoms in total. The summed E-state index contributed by atoms with van der Waals surface area (Å²) in [4.78, 5) is 37.9. The molecule has 414 valence electrons. The van der Waals surface area contributed by atoms with Gasteiger partial charge in [0.1, 0.15) is 13.2 Å². The van der Waals surface area contributed by atoms with Crippen molar-refractivity contribution in [3.63, 3.8) is 0 Å². The Morgan fingerprint density at radius 3 is 0.803 bits per heavy atom. The summed E-state index contributed by atoms with van der Waals surface area (Å²) in [5.74, 6) is -0.877. The molecule has 0 N–H and O–H groups in total. The average molecular weight is 996 g/mol. The SMILES string of the molecule is CCCCCCC/C=C\C/C=C\C/C=C\CCCCCCCCCCCCCCCCCCC(=O)OCC(COC(=O)CCCCCCCC)OC(=O)CCCCCCC/C=C\CCCCCCCCC. The molecule has 0 aromatic carbocycles. The number of hydrogen-bond acceptors (Lipinski definition) is 6. The van der Waals surface area contributed by atoms with E-state index in [1.54, 1.807) is 0 Å². The first-order valence-corrected chi connectivity index (χ1v) is 31.1. The van der Waals surface area contributed by atoms with Crippen molar-refractivity contribution in [1.82, 2.24) is 0 Å². The quantitative estimate of drug-likeness (QED) is 0.0261. The molecular formula is C65H118O6. The normalized spacial score (nSPS) is 12.3. The zero-order valence-electron chi connectivity index (χ0n) is 47.5. The highest BCUT2D eigenvalue weighted by molar-refractivity contribution is 5.71. The molecule has 0 amide bonds. The number of rotatable bonds is 57. The van der Waals surface area contributed by atoms with Crippen LogP contribution in [0.15, 0.2) is 48.6 Å². The van der Waals surface area contributed by atoms with Crippen molar-refractivity contribution in [1.29, 1.82) is 0 Å². The van der Waals surface area contributed by atoms with Gasteiger partial charge in [-0.15, -0.1) is 0 Å². The van der Waals surface area contributed by atoms with Gasteiger partial charge in [0.05, 0.1) is 0 Å². The second kappa shape index (κ2) is 59.9. The molecule has 0 aromatic heterocycles. The molecule has 71 heavy (non-hydrogen) atoms. The molecule has 1 unspecified atom stereocenters. The van der Waals surface area contributed by atoms with Crippen LogP contribution in [0.25, 0.3) is 0 Å². The van der Waals surface area contributed by atoms with E-state index >= 15 is 0 Å². The number of ether oxygens (including phenoxy) is 3. The highest BCUT2D eigenvalue weighted by Gasteiger charge is 2.19. The predicted molar refractivity (Wildman–Crippen MR) is 307 cm³/mol. The number of carbonyl (C=O) groups is 3. The number of allylic oxidation sites excluding steroid dienone is 8. The van der Waals surface area contributed by atoms with E-state index in [1.807, 2.05) is 0 Å². The summed E-state index contributed by atoms with van der Waals surface area (Å²) >= 11 is 0. The van der Waals surface area contributed by atoms with E-state index in [4.69, 9.17) is 14.2 Å². The van der Waals surface area contributed by atoms with Gasteiger partial charge >= 0.3 is 17.9 Å². The third-order valence-corrected chi connectivity index (χ3v) is 13.8. The lowest BCUT2D eigenvalue weighted by Crippen LogP contribution is -2.30. The maximum Gasteiger partial charge on any atom is 0.306 e. The zero-order chi connectivity index (χ0) is 51.4. The molecule has 0 aliphatic carbocycles. The molecule has 0 spiro atoms. The standard InChI is InChI=1S/C65H118O6/c1-4-7-10-13-16-18-20-22-24-26-27-28-29-30-31-32-33-34-35-36-37-38-39-40-42-43-45-47-49-52-55-58-64(67)70-61-62(60-69-63(66)57-54-51-15-12-9-6-3)71-65(68)59-56-53-50-48-46-44-41-25-23-21-19-17-14-11-8-5-2/h20,22,25-27,29-30,41,62H,4-19,21,23-24,28,31-40,42-61H2,1-3H3/b22-20-,27-26-,30-29-,41-25-. The summed E-state index contributed by atoms with van der Waals surface area (Å²) in [7, 11) is 0. The molecule has 0 heterocycles. The Bertz CT molecular complexity index is 1230. The van der Waals surface area contributed by atoms with Crippen LogP contribution in [0.4, 0.5) is 0 Å². The van der Waals surface area contributed by atoms with Crippen LogP contribution in [0.3, 0.4) is 0 Å². The van der Waals surface area contributed by atoms with Crippen LogP contribution < -0.4 is 0 Å². The molecule has 0 saturated heterocycles. The monoisotopic (exact) mass is 995 g/mol. The summed E-state index contributed by atoms with van der Waals surface area (Å²) in [6.45, 7) is 6.59. The van der Waals surface area contributed by atoms with Crippen molar-refractivity contribution in [2.24, 2.45) is 0 Å². The van der Waals surface area contributed by atoms with E-state index in [9.17, 15) is 14.4 Å². The number of carbonyl (C=O) groups excluding carboxylic acids is 3. The first-order valence-electron chi connectivity index (χ1n) is 31.1. The minimum Gasteiger partial charge on any atom is -0.462 e. The van der Waals surface area contributed by atoms with Crippen LogP contribution >= 0.6 is 0 Å². The van der Waals surface area contributed by atoms with Gasteiger partial charge < -0.3 is 14.2 Å². The smallest absolute Gasteiger partial charge is 0.306 e. The lowest BCUT2D eigenvalue weighted by atomic mass is 10.0. The Morgan fingerprint density at radius 1 is 0.282 bits per heavy atom. The van der Waals surface area contributed by atoms with E-state index in [0.29, 0.717) is 19.3 Å². The number of esters is 3. The molecule has 1 atom stereocenters. The van der Waals surface area contributed by atoms with Crippen LogP contribution in [0, 0.1) is 0 Å². The fourth-order valence-corrected chi connectivity index (χ4v) is 9.09. The first kappa shape index (κ1) is 68.4. The summed E-state index contributed by atoms with van der Waals surface area (Å²) in [6.07, 6.45) is 74.4. The summed E-state index contributed by atoms with van der Waals surface area (Å²) in [5, 5.41) is 0. The minimum absolute atomic E-state index is 0.0732. The van der Waals surface area contributed by atoms with E-state index in [1.165, 1.54) is 212 Å². The number of unbranched alkanes of at least 4 members (excludes halogenated alkanes) is 38. The third kappa shape index (κ3) is 58.1. The Hall–Kier alpha value is -2.63. The van der Waals surface area contributed by atoms with Crippen molar-refractivity contribution in [2.75, 3.05) is 13.2 Å². The highest BCUT2D eigenvalue weighted by Crippen LogP contribution is 2.17. The summed E-state index contributed by atoms with van der Waals surface area (Å²) in [5.41, 5.74) is 0. The van der Waals surface area contributed by atoms with Gasteiger partial charge in [-0.05, 0) is 83.5 Å². The van der Waals surface area contributed by atoms with Gasteiger partial charge in [-0.25, -0.2) is 0 Å². The van der Waals surface area contributed by atoms with Crippen LogP contribution in [0.5, 0.6) is 0 Å². The van der Waals surface area contributed by atoms with Crippen molar-refractivity contribution in [3.05, 3.63) is 48.6 Å². The largest absolute Gasteiger partial charge is 0.462 e. The maximum atomic E-state index is 12.8. The summed E-state index contributed by atoms with van der Waals surface area (Å²) < 4.78 is 16.8. The fraction of sp³-hybridized carbons (Fsp3) is 0.831. The van der Waals surface area contributed by atoms with Crippen LogP contribution in [-0.2, 0) is 28.6 Å². The van der Waals surface area contributed by atoms with Gasteiger partial charge in [0.2, 0.25) is 0 Å². The molecule has 0 saturated carbocycles. The lowest BCUT2D eigenvalue weighted by Gasteiger charge is -2.18. The van der Waals surface area contributed by atoms with Gasteiger partial charge in [0.15, 0.2) is 6.10 Å². The van der Waals surface area contributed by atoms with E-state index in [0.717, 1.165) is 77.0 Å². The molecular weight excluding hydrogens is 877 g/mol. The molecule has 0 bridgehead atoms. The average Bonchev–Trinajstić information content (AvgIpc) is 3.37. The number of hydrogen-bond donors (Lipinski definition) is 0. The summed E-state index contributed by atoms with van der Waals surface area (Å²) in [6, 6.07) is 0. The van der Waals surface area contributed by atoms with Gasteiger partial charge in [0.25, 0.3) is 0 Å². The molecule has 0 radical (unpaired) electrons. The molecule has 0 aromatic rings. The molecule has 0 rings (SSSR count). The minimum atomic E-state index is -0.772. The van der Waals surface area contributed by atoms with E-state index < -0.39 is 6.10 Å². The molecule has 0 fully saturated rings. The van der Waals surface area contributed by atoms with Crippen LogP contribution in [0.1, 0.15) is 329 Å². The lowest BCUT2D eigenvalue weighted by molar-refractivity contribution is -0.167. The van der Waals surface area contributed by atoms with Crippen molar-refractivity contribution >= 4 is 17.9 Å². The first-order chi connectivity index (χ1) is 35.0. The van der Waals surface area contributed by atoms with Crippen molar-refractivity contribution in [3.8, 4) is 0 Å². The van der Waals surface area contributed by atoms with Crippen molar-refractivity contribution in [2.45, 2.75) is 335 Å². The second-order valence-corrected chi connectivity index (χ2v) is 21.0. The Kier molecular flexibility index (Phi) is 57.7. The van der Waals surface area contributed by atoms with Gasteiger partial charge in [0, 0.05) is 19.3 Å². The Labute approximate surface area is 441 Å². The maximum absolute atomic E-state index is 12.8. The fourth-order valence-electron chi connectivity index (χ4n) is 9.09. The van der Waals surface area contributed by atoms with Crippen LogP contribution in [-0.4, -0.2) is 37.2 Å². The second-order valence-electron chi connectivity index (χ2n) is 21.0. The van der Waals surface area contributed by atoms with E-state index in [2.05, 4.69) is 69.4 Å². The van der Waals surface area contributed by atoms with Gasteiger partial charge in [-0.3, -0.25) is 14.4 Å². The third-order valence-electron chi connectivity index (χ3n) is 13.8. The topological polar surface area (TPSA) is 78.9 Å².